The fourth-order valence-electron chi connectivity index (χ4n) is 3.54. The first-order valence-electron chi connectivity index (χ1n) is 7.92. The molecule has 2 aliphatic rings. The van der Waals surface area contributed by atoms with E-state index in [-0.39, 0.29) is 5.91 Å². The number of carbonyl (C=O) groups excluding carboxylic acids is 1. The number of hydrogen-bond acceptors (Lipinski definition) is 3. The zero-order valence-electron chi connectivity index (χ0n) is 13.1. The molecule has 1 amide bonds. The lowest BCUT2D eigenvalue weighted by atomic mass is 9.98. The number of nitrogens with zero attached hydrogens (tertiary/aromatic N) is 2. The van der Waals surface area contributed by atoms with Gasteiger partial charge in [0, 0.05) is 51.3 Å². The standard InChI is InChI=1S/C17H23ClN2O2/c1-22-8-7-20-11-13(9-17(20)21)10-19-6-5-15-14(12-19)3-2-4-16(15)18/h2-4,13H,5-12H2,1H3. The Bertz CT molecular complexity index is 549. The van der Waals surface area contributed by atoms with E-state index in [1.807, 2.05) is 17.0 Å². The molecule has 22 heavy (non-hydrogen) atoms. The summed E-state index contributed by atoms with van der Waals surface area (Å²) in [5.74, 6) is 0.701. The van der Waals surface area contributed by atoms with Gasteiger partial charge < -0.3 is 9.64 Å². The third-order valence-electron chi connectivity index (χ3n) is 4.66. The molecular weight excluding hydrogens is 300 g/mol. The largest absolute Gasteiger partial charge is 0.383 e. The molecule has 120 valence electrons. The predicted molar refractivity (Wildman–Crippen MR) is 87.0 cm³/mol. The molecule has 4 nitrogen and oxygen atoms in total. The van der Waals surface area contributed by atoms with Gasteiger partial charge >= 0.3 is 0 Å². The van der Waals surface area contributed by atoms with Gasteiger partial charge in [-0.05, 0) is 29.5 Å². The molecule has 0 radical (unpaired) electrons. The molecule has 2 aliphatic heterocycles. The summed E-state index contributed by atoms with van der Waals surface area (Å²) < 4.78 is 5.07. The second kappa shape index (κ2) is 6.99. The van der Waals surface area contributed by atoms with Crippen LogP contribution in [0.25, 0.3) is 0 Å². The van der Waals surface area contributed by atoms with Gasteiger partial charge in [-0.2, -0.15) is 0 Å². The maximum Gasteiger partial charge on any atom is 0.223 e. The Morgan fingerprint density at radius 1 is 1.41 bits per heavy atom. The molecule has 1 aromatic carbocycles. The molecule has 1 fully saturated rings. The molecule has 1 saturated heterocycles. The van der Waals surface area contributed by atoms with Gasteiger partial charge in [-0.1, -0.05) is 23.7 Å². The molecule has 0 bridgehead atoms. The summed E-state index contributed by atoms with van der Waals surface area (Å²) in [6.45, 7) is 5.15. The average molecular weight is 323 g/mol. The first-order chi connectivity index (χ1) is 10.7. The number of amides is 1. The highest BCUT2D eigenvalue weighted by Gasteiger charge is 2.31. The SMILES string of the molecule is COCCN1CC(CN2CCc3c(Cl)cccc3C2)CC1=O. The molecule has 2 heterocycles. The van der Waals surface area contributed by atoms with E-state index in [0.29, 0.717) is 25.5 Å². The zero-order chi connectivity index (χ0) is 15.5. The summed E-state index contributed by atoms with van der Waals surface area (Å²) in [7, 11) is 1.67. The minimum Gasteiger partial charge on any atom is -0.383 e. The van der Waals surface area contributed by atoms with Crippen molar-refractivity contribution in [1.82, 2.24) is 9.80 Å². The van der Waals surface area contributed by atoms with Crippen molar-refractivity contribution in [3.05, 3.63) is 34.3 Å². The Morgan fingerprint density at radius 3 is 3.09 bits per heavy atom. The van der Waals surface area contributed by atoms with Gasteiger partial charge in [-0.25, -0.2) is 0 Å². The number of halogens is 1. The van der Waals surface area contributed by atoms with Crippen LogP contribution < -0.4 is 0 Å². The Balaban J connectivity index is 1.56. The predicted octanol–water partition coefficient (Wildman–Crippen LogP) is 2.19. The van der Waals surface area contributed by atoms with E-state index in [2.05, 4.69) is 11.0 Å². The van der Waals surface area contributed by atoms with Crippen LogP contribution in [-0.2, 0) is 22.5 Å². The molecule has 3 rings (SSSR count). The minimum atomic E-state index is 0.266. The number of hydrogen-bond donors (Lipinski definition) is 0. The number of ether oxygens (including phenoxy) is 1. The van der Waals surface area contributed by atoms with Gasteiger partial charge in [0.15, 0.2) is 0 Å². The van der Waals surface area contributed by atoms with Crippen molar-refractivity contribution in [3.63, 3.8) is 0 Å². The second-order valence-electron chi connectivity index (χ2n) is 6.27. The van der Waals surface area contributed by atoms with Gasteiger partial charge in [0.25, 0.3) is 0 Å². The summed E-state index contributed by atoms with van der Waals surface area (Å²) in [6, 6.07) is 6.16. The molecule has 0 saturated carbocycles. The number of likely N-dealkylation sites (tertiary alicyclic amines) is 1. The minimum absolute atomic E-state index is 0.266. The fraction of sp³-hybridized carbons (Fsp3) is 0.588. The quantitative estimate of drug-likeness (QED) is 0.833. The van der Waals surface area contributed by atoms with Crippen molar-refractivity contribution in [2.45, 2.75) is 19.4 Å². The number of rotatable bonds is 5. The van der Waals surface area contributed by atoms with Gasteiger partial charge in [0.1, 0.15) is 0 Å². The van der Waals surface area contributed by atoms with Crippen LogP contribution in [0, 0.1) is 5.92 Å². The topological polar surface area (TPSA) is 32.8 Å². The molecule has 1 unspecified atom stereocenters. The summed E-state index contributed by atoms with van der Waals surface area (Å²) in [4.78, 5) is 16.4. The maximum atomic E-state index is 12.0. The molecule has 1 atom stereocenters. The van der Waals surface area contributed by atoms with Crippen LogP contribution in [-0.4, -0.2) is 55.6 Å². The molecule has 1 aromatic rings. The van der Waals surface area contributed by atoms with Crippen molar-refractivity contribution in [2.75, 3.05) is 39.9 Å². The van der Waals surface area contributed by atoms with Gasteiger partial charge in [0.2, 0.25) is 5.91 Å². The molecule has 0 spiro atoms. The first-order valence-corrected chi connectivity index (χ1v) is 8.30. The smallest absolute Gasteiger partial charge is 0.223 e. The van der Waals surface area contributed by atoms with Crippen LogP contribution in [0.5, 0.6) is 0 Å². The lowest BCUT2D eigenvalue weighted by Crippen LogP contribution is -2.36. The number of methoxy groups -OCH3 is 1. The summed E-state index contributed by atoms with van der Waals surface area (Å²) in [5, 5.41) is 0.888. The number of carbonyl (C=O) groups is 1. The van der Waals surface area contributed by atoms with E-state index in [4.69, 9.17) is 16.3 Å². The lowest BCUT2D eigenvalue weighted by molar-refractivity contribution is -0.128. The van der Waals surface area contributed by atoms with E-state index in [0.717, 1.165) is 37.6 Å². The number of benzene rings is 1. The molecular formula is C17H23ClN2O2. The normalized spacial score (nSPS) is 22.2. The van der Waals surface area contributed by atoms with E-state index >= 15 is 0 Å². The molecule has 0 aromatic heterocycles. The van der Waals surface area contributed by atoms with Gasteiger partial charge in [-0.15, -0.1) is 0 Å². The fourth-order valence-corrected chi connectivity index (χ4v) is 3.82. The first kappa shape index (κ1) is 15.8. The summed E-state index contributed by atoms with van der Waals surface area (Å²) in [6.07, 6.45) is 1.67. The van der Waals surface area contributed by atoms with Crippen LogP contribution in [0.3, 0.4) is 0 Å². The highest BCUT2D eigenvalue weighted by Crippen LogP contribution is 2.27. The highest BCUT2D eigenvalue weighted by molar-refractivity contribution is 6.31. The second-order valence-corrected chi connectivity index (χ2v) is 6.67. The molecule has 5 heteroatoms. The van der Waals surface area contributed by atoms with Crippen LogP contribution in [0.2, 0.25) is 5.02 Å². The molecule has 0 N–H and O–H groups in total. The van der Waals surface area contributed by atoms with Crippen LogP contribution >= 0.6 is 11.6 Å². The Labute approximate surface area is 137 Å². The van der Waals surface area contributed by atoms with Crippen LogP contribution in [0.15, 0.2) is 18.2 Å². The maximum absolute atomic E-state index is 12.0. The van der Waals surface area contributed by atoms with Crippen molar-refractivity contribution >= 4 is 17.5 Å². The molecule has 0 aliphatic carbocycles. The Morgan fingerprint density at radius 2 is 2.27 bits per heavy atom. The van der Waals surface area contributed by atoms with E-state index in [9.17, 15) is 4.79 Å². The zero-order valence-corrected chi connectivity index (χ0v) is 13.8. The third-order valence-corrected chi connectivity index (χ3v) is 5.02. The van der Waals surface area contributed by atoms with Crippen molar-refractivity contribution in [2.24, 2.45) is 5.92 Å². The van der Waals surface area contributed by atoms with Crippen LogP contribution in [0.1, 0.15) is 17.5 Å². The lowest BCUT2D eigenvalue weighted by Gasteiger charge is -2.31. The van der Waals surface area contributed by atoms with Crippen LogP contribution in [0.4, 0.5) is 0 Å². The average Bonchev–Trinajstić information content (AvgIpc) is 2.85. The van der Waals surface area contributed by atoms with Crippen molar-refractivity contribution in [3.8, 4) is 0 Å². The Hall–Kier alpha value is -1.10. The van der Waals surface area contributed by atoms with Gasteiger partial charge in [0.05, 0.1) is 6.61 Å². The number of fused-ring (bicyclic) bond motifs is 1. The summed E-state index contributed by atoms with van der Waals surface area (Å²) in [5.41, 5.74) is 2.63. The Kier molecular flexibility index (Phi) is 5.01. The van der Waals surface area contributed by atoms with Gasteiger partial charge in [-0.3, -0.25) is 9.69 Å². The summed E-state index contributed by atoms with van der Waals surface area (Å²) >= 11 is 6.27. The van der Waals surface area contributed by atoms with Crippen molar-refractivity contribution < 1.29 is 9.53 Å². The van der Waals surface area contributed by atoms with E-state index in [1.54, 1.807) is 7.11 Å². The van der Waals surface area contributed by atoms with Crippen molar-refractivity contribution in [1.29, 1.82) is 0 Å². The highest BCUT2D eigenvalue weighted by atomic mass is 35.5. The third kappa shape index (κ3) is 3.45. The van der Waals surface area contributed by atoms with E-state index in [1.165, 1.54) is 11.1 Å². The van der Waals surface area contributed by atoms with E-state index < -0.39 is 0 Å². The monoisotopic (exact) mass is 322 g/mol.